The minimum absolute atomic E-state index is 0.0389. The third-order valence-electron chi connectivity index (χ3n) is 10.1. The molecular weight excluding hydrogens is 464 g/mol. The van der Waals surface area contributed by atoms with Crippen LogP contribution in [0.2, 0.25) is 0 Å². The van der Waals surface area contributed by atoms with Gasteiger partial charge in [-0.15, -0.1) is 6.58 Å². The first kappa shape index (κ1) is 22.9. The van der Waals surface area contributed by atoms with E-state index in [1.165, 1.54) is 20.9 Å². The number of hydrogen-bond acceptors (Lipinski definition) is 4. The highest BCUT2D eigenvalue weighted by molar-refractivity contribution is 6.07. The highest BCUT2D eigenvalue weighted by atomic mass is 16.2. The smallest absolute Gasteiger partial charge is 0.234 e. The van der Waals surface area contributed by atoms with Crippen LogP contribution in [-0.2, 0) is 32.3 Å². The maximum Gasteiger partial charge on any atom is 0.234 e. The van der Waals surface area contributed by atoms with Crippen LogP contribution in [0, 0.1) is 47.3 Å². The third-order valence-corrected chi connectivity index (χ3v) is 10.1. The van der Waals surface area contributed by atoms with E-state index in [0.29, 0.717) is 0 Å². The van der Waals surface area contributed by atoms with Crippen molar-refractivity contribution in [3.8, 4) is 0 Å². The molecule has 4 aliphatic carbocycles. The minimum atomic E-state index is -0.239. The van der Waals surface area contributed by atoms with Gasteiger partial charge in [-0.2, -0.15) is 0 Å². The molecule has 2 saturated carbocycles. The van der Waals surface area contributed by atoms with Crippen LogP contribution in [-0.4, -0.2) is 33.4 Å². The van der Waals surface area contributed by atoms with Crippen LogP contribution in [0.25, 0.3) is 0 Å². The van der Waals surface area contributed by atoms with Crippen LogP contribution < -0.4 is 0 Å². The van der Waals surface area contributed by atoms with Gasteiger partial charge in [-0.25, -0.2) is 0 Å². The highest BCUT2D eigenvalue weighted by Gasteiger charge is 2.62. The summed E-state index contributed by atoms with van der Waals surface area (Å²) in [5.41, 5.74) is 4.29. The first-order valence-corrected chi connectivity index (χ1v) is 13.7. The topological polar surface area (TPSA) is 74.8 Å². The summed E-state index contributed by atoms with van der Waals surface area (Å²) >= 11 is 0. The van der Waals surface area contributed by atoms with E-state index in [4.69, 9.17) is 0 Å². The third kappa shape index (κ3) is 3.11. The normalized spacial score (nSPS) is 37.0. The largest absolute Gasteiger partial charge is 0.278 e. The highest BCUT2D eigenvalue weighted by Crippen LogP contribution is 2.57. The quantitative estimate of drug-likeness (QED) is 0.422. The average Bonchev–Trinajstić information content (AvgIpc) is 3.72. The van der Waals surface area contributed by atoms with Gasteiger partial charge in [0.1, 0.15) is 0 Å². The molecule has 4 amide bonds. The molecule has 37 heavy (non-hydrogen) atoms. The van der Waals surface area contributed by atoms with Gasteiger partial charge in [-0.05, 0) is 60.5 Å². The molecule has 7 rings (SSSR count). The van der Waals surface area contributed by atoms with E-state index in [1.807, 2.05) is 30.3 Å². The monoisotopic (exact) mass is 496 g/mol. The molecule has 4 fully saturated rings. The summed E-state index contributed by atoms with van der Waals surface area (Å²) in [5, 5.41) is 0. The number of nitrogens with zero attached hydrogens (tertiary/aromatic N) is 2. The molecule has 6 heteroatoms. The van der Waals surface area contributed by atoms with Crippen molar-refractivity contribution in [2.75, 3.05) is 0 Å². The first-order chi connectivity index (χ1) is 17.9. The number of amides is 4. The second-order valence-corrected chi connectivity index (χ2v) is 11.8. The Kier molecular flexibility index (Phi) is 5.01. The van der Waals surface area contributed by atoms with Gasteiger partial charge in [-0.1, -0.05) is 60.6 Å². The number of likely N-dealkylation sites (tertiary alicyclic amines) is 2. The molecule has 0 aromatic heterocycles. The van der Waals surface area contributed by atoms with Crippen molar-refractivity contribution in [1.29, 1.82) is 0 Å². The Morgan fingerprint density at radius 1 is 0.784 bits per heavy atom. The summed E-state index contributed by atoms with van der Waals surface area (Å²) in [5.74, 6) is -0.352. The van der Waals surface area contributed by atoms with Crippen molar-refractivity contribution in [1.82, 2.24) is 9.80 Å². The van der Waals surface area contributed by atoms with Crippen LogP contribution in [0.1, 0.15) is 43.7 Å². The summed E-state index contributed by atoms with van der Waals surface area (Å²) in [6, 6.07) is 7.64. The fraction of sp³-hybridized carbons (Fsp3) is 0.484. The van der Waals surface area contributed by atoms with Crippen molar-refractivity contribution in [3.63, 3.8) is 0 Å². The molecule has 0 N–H and O–H groups in total. The molecule has 0 radical (unpaired) electrons. The van der Waals surface area contributed by atoms with Gasteiger partial charge in [0.2, 0.25) is 23.6 Å². The van der Waals surface area contributed by atoms with E-state index in [-0.39, 0.29) is 84.1 Å². The lowest BCUT2D eigenvalue weighted by atomic mass is 9.80. The minimum Gasteiger partial charge on any atom is -0.278 e. The molecule has 4 bridgehead atoms. The van der Waals surface area contributed by atoms with Gasteiger partial charge >= 0.3 is 0 Å². The lowest BCUT2D eigenvalue weighted by Crippen LogP contribution is -2.33. The summed E-state index contributed by atoms with van der Waals surface area (Å²) in [6.45, 7) is 6.43. The Labute approximate surface area is 217 Å². The van der Waals surface area contributed by atoms with Crippen LogP contribution >= 0.6 is 0 Å². The van der Waals surface area contributed by atoms with Crippen molar-refractivity contribution < 1.29 is 19.2 Å². The van der Waals surface area contributed by atoms with Gasteiger partial charge in [0.05, 0.1) is 36.8 Å². The van der Waals surface area contributed by atoms with E-state index < -0.39 is 0 Å². The molecule has 7 unspecified atom stereocenters. The molecule has 0 spiro atoms. The number of carbonyl (C=O) groups is 4. The Morgan fingerprint density at radius 2 is 1.27 bits per heavy atom. The van der Waals surface area contributed by atoms with E-state index in [9.17, 15) is 19.2 Å². The molecule has 8 atom stereocenters. The van der Waals surface area contributed by atoms with E-state index in [0.717, 1.165) is 36.8 Å². The predicted molar refractivity (Wildman–Crippen MR) is 136 cm³/mol. The molecule has 2 saturated heterocycles. The van der Waals surface area contributed by atoms with Gasteiger partial charge < -0.3 is 0 Å². The van der Waals surface area contributed by atoms with Crippen LogP contribution in [0.3, 0.4) is 0 Å². The molecule has 190 valence electrons. The number of allylic oxidation sites excluding steroid dienone is 5. The van der Waals surface area contributed by atoms with E-state index in [2.05, 4.69) is 25.7 Å². The van der Waals surface area contributed by atoms with Crippen molar-refractivity contribution in [2.45, 2.75) is 45.7 Å². The average molecular weight is 497 g/mol. The second-order valence-electron chi connectivity index (χ2n) is 11.8. The Bertz CT molecular complexity index is 1320. The Balaban J connectivity index is 1.07. The zero-order chi connectivity index (χ0) is 25.6. The lowest BCUT2D eigenvalue weighted by molar-refractivity contribution is -0.142. The number of hydrogen-bond donors (Lipinski definition) is 0. The number of carbonyl (C=O) groups excluding carboxylic acids is 4. The number of benzene rings is 1. The zero-order valence-corrected chi connectivity index (χ0v) is 21.1. The molecule has 1 aromatic rings. The Hall–Kier alpha value is -3.28. The molecule has 2 aliphatic heterocycles. The molecular formula is C31H32N2O4. The first-order valence-electron chi connectivity index (χ1n) is 13.7. The SMILES string of the molecule is C=CCC1=CC2C[C@H]1C1C(=O)N(Cc3cccc(CN4C(=O)C5C6C=C(CC)C(C6)C5C4=O)c3)C(=O)C21. The molecule has 6 nitrogen and oxygen atoms in total. The second kappa shape index (κ2) is 8.11. The van der Waals surface area contributed by atoms with Crippen molar-refractivity contribution in [2.24, 2.45) is 47.3 Å². The zero-order valence-electron chi connectivity index (χ0n) is 21.1. The molecule has 1 aromatic carbocycles. The van der Waals surface area contributed by atoms with Crippen LogP contribution in [0.5, 0.6) is 0 Å². The van der Waals surface area contributed by atoms with Crippen LogP contribution in [0.15, 0.2) is 60.2 Å². The molecule has 6 aliphatic rings. The summed E-state index contributed by atoms with van der Waals surface area (Å²) < 4.78 is 0. The van der Waals surface area contributed by atoms with E-state index >= 15 is 0 Å². The fourth-order valence-corrected chi connectivity index (χ4v) is 8.64. The fourth-order valence-electron chi connectivity index (χ4n) is 8.64. The van der Waals surface area contributed by atoms with Gasteiger partial charge in [0.15, 0.2) is 0 Å². The maximum atomic E-state index is 13.4. The molecule has 2 heterocycles. The maximum absolute atomic E-state index is 13.4. The number of fused-ring (bicyclic) bond motifs is 10. The van der Waals surface area contributed by atoms with Gasteiger partial charge in [-0.3, -0.25) is 29.0 Å². The van der Waals surface area contributed by atoms with Crippen molar-refractivity contribution in [3.05, 3.63) is 71.3 Å². The lowest BCUT2D eigenvalue weighted by Gasteiger charge is -2.21. The number of rotatable bonds is 7. The van der Waals surface area contributed by atoms with Gasteiger partial charge in [0.25, 0.3) is 0 Å². The summed E-state index contributed by atoms with van der Waals surface area (Å²) in [7, 11) is 0. The summed E-state index contributed by atoms with van der Waals surface area (Å²) in [6.07, 6.45) is 9.87. The summed E-state index contributed by atoms with van der Waals surface area (Å²) in [4.78, 5) is 56.1. The standard InChI is InChI=1S/C31H32N2O4/c1-3-6-19-11-21-13-23(19)27-25(21)29(35)33(31(27)37)15-17-8-5-7-16(9-17)14-32-28(34)24-20-10-18(4-2)22(12-20)26(24)30(32)36/h3,5,7-11,20-27H,1,4,6,12-15H2,2H3/t20?,21?,22?,23-,24?,25?,26?,27?/m1/s1. The number of imide groups is 2. The van der Waals surface area contributed by atoms with Gasteiger partial charge in [0, 0.05) is 0 Å². The van der Waals surface area contributed by atoms with Crippen molar-refractivity contribution >= 4 is 23.6 Å². The van der Waals surface area contributed by atoms with Crippen LogP contribution in [0.4, 0.5) is 0 Å². The predicted octanol–water partition coefficient (Wildman–Crippen LogP) is 4.03. The Morgan fingerprint density at radius 3 is 1.78 bits per heavy atom. The van der Waals surface area contributed by atoms with E-state index in [1.54, 1.807) is 0 Å².